The van der Waals surface area contributed by atoms with Gasteiger partial charge < -0.3 is 10.4 Å². The zero-order valence-electron chi connectivity index (χ0n) is 8.06. The number of carbonyl (C=O) groups is 2. The highest BCUT2D eigenvalue weighted by atomic mass is 16.4. The van der Waals surface area contributed by atoms with Crippen LogP contribution < -0.4 is 5.32 Å². The maximum atomic E-state index is 11.3. The van der Waals surface area contributed by atoms with Gasteiger partial charge >= 0.3 is 5.97 Å². The van der Waals surface area contributed by atoms with Crippen molar-refractivity contribution in [1.82, 2.24) is 0 Å². The summed E-state index contributed by atoms with van der Waals surface area (Å²) in [5, 5.41) is 11.5. The predicted molar refractivity (Wildman–Crippen MR) is 54.7 cm³/mol. The number of hydrogen-bond acceptors (Lipinski definition) is 2. The molecule has 15 heavy (non-hydrogen) atoms. The molecule has 1 heterocycles. The number of amides is 1. The van der Waals surface area contributed by atoms with Gasteiger partial charge in [-0.2, -0.15) is 0 Å². The topological polar surface area (TPSA) is 66.4 Å². The lowest BCUT2D eigenvalue weighted by atomic mass is 9.88. The van der Waals surface area contributed by atoms with Gasteiger partial charge in [0.2, 0.25) is 5.91 Å². The first kappa shape index (κ1) is 9.71. The number of aliphatic carboxylic acids is 1. The minimum Gasteiger partial charge on any atom is -0.481 e. The number of carbonyl (C=O) groups excluding carboxylic acids is 1. The Hall–Kier alpha value is -1.84. The van der Waals surface area contributed by atoms with Gasteiger partial charge in [-0.05, 0) is 11.6 Å². The van der Waals surface area contributed by atoms with E-state index in [-0.39, 0.29) is 24.7 Å². The Bertz CT molecular complexity index is 414. The van der Waals surface area contributed by atoms with Gasteiger partial charge in [0.1, 0.15) is 0 Å². The van der Waals surface area contributed by atoms with E-state index in [1.807, 2.05) is 18.2 Å². The van der Waals surface area contributed by atoms with Crippen molar-refractivity contribution in [2.45, 2.75) is 18.8 Å². The third kappa shape index (κ3) is 1.98. The Morgan fingerprint density at radius 3 is 2.93 bits per heavy atom. The first-order valence-electron chi connectivity index (χ1n) is 4.77. The highest BCUT2D eigenvalue weighted by Crippen LogP contribution is 2.33. The number of hydrogen-bond donors (Lipinski definition) is 2. The molecular formula is C11H11NO3. The van der Waals surface area contributed by atoms with Gasteiger partial charge in [-0.3, -0.25) is 9.59 Å². The van der Waals surface area contributed by atoms with Crippen LogP contribution in [0.3, 0.4) is 0 Å². The van der Waals surface area contributed by atoms with E-state index in [2.05, 4.69) is 5.32 Å². The molecule has 1 amide bonds. The highest BCUT2D eigenvalue weighted by Gasteiger charge is 2.26. The second-order valence-electron chi connectivity index (χ2n) is 3.63. The fraction of sp³-hybridized carbons (Fsp3) is 0.273. The Balaban J connectivity index is 2.33. The number of nitrogens with one attached hydrogen (secondary N) is 1. The molecule has 1 aromatic rings. The normalized spacial score (nSPS) is 19.2. The Morgan fingerprint density at radius 1 is 1.47 bits per heavy atom. The SMILES string of the molecule is O=C(O)C[C@@H]1CC(=O)Nc2ccccc21. The lowest BCUT2D eigenvalue weighted by molar-refractivity contribution is -0.137. The van der Waals surface area contributed by atoms with E-state index in [4.69, 9.17) is 5.11 Å². The third-order valence-electron chi connectivity index (χ3n) is 2.53. The summed E-state index contributed by atoms with van der Waals surface area (Å²) in [6.07, 6.45) is 0.258. The van der Waals surface area contributed by atoms with E-state index in [0.29, 0.717) is 0 Å². The molecule has 2 rings (SSSR count). The molecule has 0 radical (unpaired) electrons. The Kier molecular flexibility index (Phi) is 2.41. The first-order chi connectivity index (χ1) is 7.16. The van der Waals surface area contributed by atoms with Crippen molar-refractivity contribution in [3.05, 3.63) is 29.8 Å². The minimum atomic E-state index is -0.871. The zero-order chi connectivity index (χ0) is 10.8. The van der Waals surface area contributed by atoms with Gasteiger partial charge in [0.05, 0.1) is 6.42 Å². The molecule has 0 fully saturated rings. The van der Waals surface area contributed by atoms with Gasteiger partial charge in [0.15, 0.2) is 0 Å². The van der Waals surface area contributed by atoms with E-state index in [9.17, 15) is 9.59 Å². The highest BCUT2D eigenvalue weighted by molar-refractivity contribution is 5.95. The Morgan fingerprint density at radius 2 is 2.20 bits per heavy atom. The number of benzene rings is 1. The van der Waals surface area contributed by atoms with Crippen LogP contribution in [0.5, 0.6) is 0 Å². The van der Waals surface area contributed by atoms with Crippen LogP contribution in [0.2, 0.25) is 0 Å². The molecular weight excluding hydrogens is 194 g/mol. The van der Waals surface area contributed by atoms with E-state index in [1.54, 1.807) is 6.07 Å². The molecule has 0 saturated carbocycles. The molecule has 0 aromatic heterocycles. The number of fused-ring (bicyclic) bond motifs is 1. The molecule has 0 bridgehead atoms. The summed E-state index contributed by atoms with van der Waals surface area (Å²) >= 11 is 0. The summed E-state index contributed by atoms with van der Waals surface area (Å²) in [5.74, 6) is -1.18. The van der Waals surface area contributed by atoms with Gasteiger partial charge in [-0.1, -0.05) is 18.2 Å². The van der Waals surface area contributed by atoms with Crippen molar-refractivity contribution >= 4 is 17.6 Å². The average Bonchev–Trinajstić information content (AvgIpc) is 2.16. The van der Waals surface area contributed by atoms with E-state index >= 15 is 0 Å². The molecule has 0 unspecified atom stereocenters. The smallest absolute Gasteiger partial charge is 0.303 e. The maximum Gasteiger partial charge on any atom is 0.303 e. The van der Waals surface area contributed by atoms with Crippen molar-refractivity contribution in [3.63, 3.8) is 0 Å². The van der Waals surface area contributed by atoms with E-state index in [1.165, 1.54) is 0 Å². The van der Waals surface area contributed by atoms with Crippen LogP contribution >= 0.6 is 0 Å². The minimum absolute atomic E-state index is 0.00440. The summed E-state index contributed by atoms with van der Waals surface area (Å²) in [5.41, 5.74) is 1.65. The standard InChI is InChI=1S/C11H11NO3/c13-10-5-7(6-11(14)15)8-3-1-2-4-9(8)12-10/h1-4,7H,5-6H2,(H,12,13)(H,14,15)/t7-/m0/s1. The van der Waals surface area contributed by atoms with Gasteiger partial charge in [0.25, 0.3) is 0 Å². The molecule has 2 N–H and O–H groups in total. The summed E-state index contributed by atoms with van der Waals surface area (Å²) in [6.45, 7) is 0. The lowest BCUT2D eigenvalue weighted by Crippen LogP contribution is -2.24. The largest absolute Gasteiger partial charge is 0.481 e. The first-order valence-corrected chi connectivity index (χ1v) is 4.77. The fourth-order valence-corrected chi connectivity index (χ4v) is 1.89. The van der Waals surface area contributed by atoms with Crippen LogP contribution in [0.4, 0.5) is 5.69 Å². The maximum absolute atomic E-state index is 11.3. The van der Waals surface area contributed by atoms with Crippen LogP contribution in [0, 0.1) is 0 Å². The summed E-state index contributed by atoms with van der Waals surface area (Å²) < 4.78 is 0. The second-order valence-corrected chi connectivity index (χ2v) is 3.63. The van der Waals surface area contributed by atoms with Crippen molar-refractivity contribution < 1.29 is 14.7 Å². The van der Waals surface area contributed by atoms with Crippen LogP contribution in [0.25, 0.3) is 0 Å². The quantitative estimate of drug-likeness (QED) is 0.770. The Labute approximate surface area is 86.9 Å². The third-order valence-corrected chi connectivity index (χ3v) is 2.53. The summed E-state index contributed by atoms with van der Waals surface area (Å²) in [4.78, 5) is 22.0. The van der Waals surface area contributed by atoms with Crippen LogP contribution in [0.1, 0.15) is 24.3 Å². The van der Waals surface area contributed by atoms with E-state index in [0.717, 1.165) is 11.3 Å². The predicted octanol–water partition coefficient (Wildman–Crippen LogP) is 1.59. The van der Waals surface area contributed by atoms with Crippen molar-refractivity contribution in [3.8, 4) is 0 Å². The van der Waals surface area contributed by atoms with Gasteiger partial charge in [-0.25, -0.2) is 0 Å². The molecule has 78 valence electrons. The monoisotopic (exact) mass is 205 g/mol. The molecule has 1 atom stereocenters. The second kappa shape index (κ2) is 3.73. The van der Waals surface area contributed by atoms with Crippen molar-refractivity contribution in [2.75, 3.05) is 5.32 Å². The molecule has 4 nitrogen and oxygen atoms in total. The molecule has 4 heteroatoms. The molecule has 1 aliphatic rings. The molecule has 0 saturated heterocycles. The molecule has 0 aliphatic carbocycles. The van der Waals surface area contributed by atoms with Crippen molar-refractivity contribution in [2.24, 2.45) is 0 Å². The van der Waals surface area contributed by atoms with Gasteiger partial charge in [-0.15, -0.1) is 0 Å². The van der Waals surface area contributed by atoms with Gasteiger partial charge in [0, 0.05) is 18.0 Å². The molecule has 1 aliphatic heterocycles. The van der Waals surface area contributed by atoms with E-state index < -0.39 is 5.97 Å². The number of para-hydroxylation sites is 1. The number of carboxylic acids is 1. The average molecular weight is 205 g/mol. The lowest BCUT2D eigenvalue weighted by Gasteiger charge is -2.24. The van der Waals surface area contributed by atoms with Crippen LogP contribution in [-0.2, 0) is 9.59 Å². The van der Waals surface area contributed by atoms with Crippen LogP contribution in [-0.4, -0.2) is 17.0 Å². The fourth-order valence-electron chi connectivity index (χ4n) is 1.89. The van der Waals surface area contributed by atoms with Crippen molar-refractivity contribution in [1.29, 1.82) is 0 Å². The summed E-state index contributed by atoms with van der Waals surface area (Å²) in [6, 6.07) is 7.33. The number of carboxylic acid groups (broad SMARTS) is 1. The number of rotatable bonds is 2. The molecule has 1 aromatic carbocycles. The zero-order valence-corrected chi connectivity index (χ0v) is 8.06. The summed E-state index contributed by atoms with van der Waals surface area (Å²) in [7, 11) is 0. The van der Waals surface area contributed by atoms with Crippen LogP contribution in [0.15, 0.2) is 24.3 Å². The number of anilines is 1. The molecule has 0 spiro atoms.